The van der Waals surface area contributed by atoms with Crippen molar-refractivity contribution in [2.45, 2.75) is 6.92 Å². The highest BCUT2D eigenvalue weighted by Crippen LogP contribution is 2.31. The standard InChI is InChI=1S/C22H24N2O5/c1-4-29-18-9-5-15(6-10-18)19-20(22(26)24(21(19)25)13-14-27-2)23-16-7-11-17(28-3)12-8-16/h5-12,23H,4,13-14H2,1-3H3. The molecule has 1 N–H and O–H groups in total. The van der Waals surface area contributed by atoms with Crippen LogP contribution in [0, 0.1) is 0 Å². The lowest BCUT2D eigenvalue weighted by Gasteiger charge is -2.14. The Hall–Kier alpha value is -3.32. The topological polar surface area (TPSA) is 77.1 Å². The summed E-state index contributed by atoms with van der Waals surface area (Å²) in [5.41, 5.74) is 1.88. The Balaban J connectivity index is 1.97. The van der Waals surface area contributed by atoms with Gasteiger partial charge in [-0.15, -0.1) is 0 Å². The third-order valence-electron chi connectivity index (χ3n) is 4.50. The van der Waals surface area contributed by atoms with Gasteiger partial charge in [-0.3, -0.25) is 14.5 Å². The van der Waals surface area contributed by atoms with E-state index in [4.69, 9.17) is 14.2 Å². The molecule has 0 saturated carbocycles. The van der Waals surface area contributed by atoms with Crippen LogP contribution in [0.5, 0.6) is 11.5 Å². The molecule has 7 heteroatoms. The van der Waals surface area contributed by atoms with Gasteiger partial charge in [0.15, 0.2) is 0 Å². The number of rotatable bonds is 9. The third-order valence-corrected chi connectivity index (χ3v) is 4.50. The van der Waals surface area contributed by atoms with E-state index in [2.05, 4.69) is 5.32 Å². The van der Waals surface area contributed by atoms with Crippen LogP contribution in [-0.4, -0.2) is 50.7 Å². The maximum atomic E-state index is 13.0. The van der Waals surface area contributed by atoms with E-state index in [1.54, 1.807) is 55.6 Å². The van der Waals surface area contributed by atoms with E-state index >= 15 is 0 Å². The molecule has 0 aromatic heterocycles. The van der Waals surface area contributed by atoms with Crippen LogP contribution in [0.2, 0.25) is 0 Å². The number of methoxy groups -OCH3 is 2. The Labute approximate surface area is 169 Å². The summed E-state index contributed by atoms with van der Waals surface area (Å²) in [6.07, 6.45) is 0. The molecule has 1 aliphatic heterocycles. The first-order chi connectivity index (χ1) is 14.1. The van der Waals surface area contributed by atoms with Crippen molar-refractivity contribution < 1.29 is 23.8 Å². The van der Waals surface area contributed by atoms with E-state index < -0.39 is 0 Å². The van der Waals surface area contributed by atoms with Gasteiger partial charge in [0, 0.05) is 12.8 Å². The van der Waals surface area contributed by atoms with Crippen LogP contribution < -0.4 is 14.8 Å². The number of carbonyl (C=O) groups is 2. The number of anilines is 1. The number of benzene rings is 2. The molecular weight excluding hydrogens is 372 g/mol. The van der Waals surface area contributed by atoms with Crippen LogP contribution in [0.15, 0.2) is 54.2 Å². The Morgan fingerprint density at radius 1 is 0.897 bits per heavy atom. The second-order valence-corrected chi connectivity index (χ2v) is 6.32. The molecule has 0 atom stereocenters. The van der Waals surface area contributed by atoms with Gasteiger partial charge in [-0.2, -0.15) is 0 Å². The number of carbonyl (C=O) groups excluding carboxylic acids is 2. The van der Waals surface area contributed by atoms with Crippen LogP contribution in [0.3, 0.4) is 0 Å². The number of hydrogen-bond donors (Lipinski definition) is 1. The van der Waals surface area contributed by atoms with Crippen LogP contribution in [-0.2, 0) is 14.3 Å². The summed E-state index contributed by atoms with van der Waals surface area (Å²) < 4.78 is 15.7. The van der Waals surface area contributed by atoms with Gasteiger partial charge in [-0.05, 0) is 48.9 Å². The monoisotopic (exact) mass is 396 g/mol. The molecule has 29 heavy (non-hydrogen) atoms. The lowest BCUT2D eigenvalue weighted by Crippen LogP contribution is -2.35. The van der Waals surface area contributed by atoms with Gasteiger partial charge in [-0.1, -0.05) is 12.1 Å². The molecule has 152 valence electrons. The second kappa shape index (κ2) is 9.25. The second-order valence-electron chi connectivity index (χ2n) is 6.32. The maximum absolute atomic E-state index is 13.0. The van der Waals surface area contributed by atoms with Gasteiger partial charge in [0.1, 0.15) is 17.2 Å². The first-order valence-corrected chi connectivity index (χ1v) is 9.32. The summed E-state index contributed by atoms with van der Waals surface area (Å²) in [5.74, 6) is 0.667. The highest BCUT2D eigenvalue weighted by atomic mass is 16.5. The minimum absolute atomic E-state index is 0.183. The van der Waals surface area contributed by atoms with Crippen LogP contribution in [0.4, 0.5) is 5.69 Å². The van der Waals surface area contributed by atoms with Crippen molar-refractivity contribution in [3.8, 4) is 11.5 Å². The molecule has 0 aliphatic carbocycles. The van der Waals surface area contributed by atoms with Crippen molar-refractivity contribution in [1.82, 2.24) is 4.90 Å². The number of nitrogens with zero attached hydrogens (tertiary/aromatic N) is 1. The van der Waals surface area contributed by atoms with E-state index in [-0.39, 0.29) is 30.7 Å². The zero-order valence-corrected chi connectivity index (χ0v) is 16.7. The summed E-state index contributed by atoms with van der Waals surface area (Å²) >= 11 is 0. The smallest absolute Gasteiger partial charge is 0.278 e. The summed E-state index contributed by atoms with van der Waals surface area (Å²) in [4.78, 5) is 27.2. The Bertz CT molecular complexity index is 904. The van der Waals surface area contributed by atoms with Gasteiger partial charge >= 0.3 is 0 Å². The fourth-order valence-corrected chi connectivity index (χ4v) is 3.05. The Morgan fingerprint density at radius 2 is 1.55 bits per heavy atom. The first-order valence-electron chi connectivity index (χ1n) is 9.32. The third kappa shape index (κ3) is 4.41. The van der Waals surface area contributed by atoms with Crippen molar-refractivity contribution in [1.29, 1.82) is 0 Å². The van der Waals surface area contributed by atoms with Gasteiger partial charge < -0.3 is 19.5 Å². The quantitative estimate of drug-likeness (QED) is 0.657. The highest BCUT2D eigenvalue weighted by Gasteiger charge is 2.38. The first kappa shape index (κ1) is 20.4. The number of imide groups is 1. The maximum Gasteiger partial charge on any atom is 0.278 e. The molecular formula is C22H24N2O5. The fourth-order valence-electron chi connectivity index (χ4n) is 3.05. The van der Waals surface area contributed by atoms with Crippen molar-refractivity contribution in [3.63, 3.8) is 0 Å². The van der Waals surface area contributed by atoms with Gasteiger partial charge in [0.05, 0.1) is 32.4 Å². The molecule has 2 aromatic carbocycles. The zero-order valence-electron chi connectivity index (χ0n) is 16.7. The van der Waals surface area contributed by atoms with Crippen molar-refractivity contribution in [2.75, 3.05) is 39.3 Å². The van der Waals surface area contributed by atoms with E-state index in [1.807, 2.05) is 6.92 Å². The molecule has 0 spiro atoms. The molecule has 3 rings (SSSR count). The molecule has 2 aromatic rings. The molecule has 0 bridgehead atoms. The zero-order chi connectivity index (χ0) is 20.8. The number of nitrogens with one attached hydrogen (secondary N) is 1. The fraction of sp³-hybridized carbons (Fsp3) is 0.273. The van der Waals surface area contributed by atoms with Crippen molar-refractivity contribution in [3.05, 3.63) is 59.8 Å². The summed E-state index contributed by atoms with van der Waals surface area (Å²) in [6, 6.07) is 14.3. The minimum Gasteiger partial charge on any atom is -0.497 e. The van der Waals surface area contributed by atoms with Crippen LogP contribution in [0.1, 0.15) is 12.5 Å². The van der Waals surface area contributed by atoms with Crippen LogP contribution >= 0.6 is 0 Å². The average molecular weight is 396 g/mol. The minimum atomic E-state index is -0.383. The molecule has 0 unspecified atom stereocenters. The number of ether oxygens (including phenoxy) is 3. The number of amides is 2. The molecule has 0 saturated heterocycles. The van der Waals surface area contributed by atoms with Crippen LogP contribution in [0.25, 0.3) is 5.57 Å². The van der Waals surface area contributed by atoms with E-state index in [9.17, 15) is 9.59 Å². The predicted octanol–water partition coefficient (Wildman–Crippen LogP) is 2.93. The van der Waals surface area contributed by atoms with Gasteiger partial charge in [0.25, 0.3) is 11.8 Å². The average Bonchev–Trinajstić information content (AvgIpc) is 2.97. The Morgan fingerprint density at radius 3 is 2.14 bits per heavy atom. The molecule has 1 aliphatic rings. The highest BCUT2D eigenvalue weighted by molar-refractivity contribution is 6.36. The van der Waals surface area contributed by atoms with Crippen molar-refractivity contribution in [2.24, 2.45) is 0 Å². The lowest BCUT2D eigenvalue weighted by atomic mass is 10.0. The molecule has 7 nitrogen and oxygen atoms in total. The lowest BCUT2D eigenvalue weighted by molar-refractivity contribution is -0.137. The summed E-state index contributed by atoms with van der Waals surface area (Å²) in [7, 11) is 3.12. The summed E-state index contributed by atoms with van der Waals surface area (Å²) in [6.45, 7) is 2.90. The molecule has 1 heterocycles. The largest absolute Gasteiger partial charge is 0.497 e. The van der Waals surface area contributed by atoms with Crippen molar-refractivity contribution >= 4 is 23.1 Å². The normalized spacial score (nSPS) is 13.8. The van der Waals surface area contributed by atoms with Gasteiger partial charge in [-0.25, -0.2) is 0 Å². The molecule has 0 fully saturated rings. The van der Waals surface area contributed by atoms with E-state index in [0.717, 1.165) is 0 Å². The molecule has 0 radical (unpaired) electrons. The SMILES string of the molecule is CCOc1ccc(C2=C(Nc3ccc(OC)cc3)C(=O)N(CCOC)C2=O)cc1. The summed E-state index contributed by atoms with van der Waals surface area (Å²) in [5, 5.41) is 3.11. The van der Waals surface area contributed by atoms with E-state index in [0.29, 0.717) is 34.9 Å². The molecule has 2 amide bonds. The van der Waals surface area contributed by atoms with Gasteiger partial charge in [0.2, 0.25) is 0 Å². The predicted molar refractivity (Wildman–Crippen MR) is 110 cm³/mol. The van der Waals surface area contributed by atoms with E-state index in [1.165, 1.54) is 12.0 Å². The Kier molecular flexibility index (Phi) is 6.51. The number of hydrogen-bond acceptors (Lipinski definition) is 6.